The maximum Gasteiger partial charge on any atom is 0.304 e. The topological polar surface area (TPSA) is 81.2 Å². The van der Waals surface area contributed by atoms with E-state index in [9.17, 15) is 13.2 Å². The van der Waals surface area contributed by atoms with Gasteiger partial charge in [-0.3, -0.25) is 4.79 Å². The van der Waals surface area contributed by atoms with Crippen LogP contribution in [-0.4, -0.2) is 93.7 Å². The smallest absolute Gasteiger partial charge is 0.304 e. The first-order chi connectivity index (χ1) is 9.65. The molecular formula is C13H29N3O4S. The molecular weight excluding hydrogens is 294 g/mol. The van der Waals surface area contributed by atoms with E-state index in [0.717, 1.165) is 25.9 Å². The fraction of sp³-hybridized carbons (Fsp3) is 0.923. The predicted octanol–water partition coefficient (Wildman–Crippen LogP) is -0.00370. The molecule has 0 aliphatic rings. The maximum absolute atomic E-state index is 12.2. The van der Waals surface area contributed by atoms with Gasteiger partial charge in [0.25, 0.3) is 0 Å². The molecule has 0 heterocycles. The van der Waals surface area contributed by atoms with Gasteiger partial charge in [0, 0.05) is 13.1 Å². The normalized spacial score (nSPS) is 12.5. The van der Waals surface area contributed by atoms with Crippen molar-refractivity contribution in [3.8, 4) is 0 Å². The highest BCUT2D eigenvalue weighted by Crippen LogP contribution is 2.07. The number of carboxylic acid groups (broad SMARTS) is 1. The minimum Gasteiger partial charge on any atom is -0.481 e. The van der Waals surface area contributed by atoms with Crippen LogP contribution < -0.4 is 0 Å². The quantitative estimate of drug-likeness (QED) is 0.544. The van der Waals surface area contributed by atoms with E-state index in [1.807, 2.05) is 38.0 Å². The molecule has 21 heavy (non-hydrogen) atoms. The third-order valence-corrected chi connectivity index (χ3v) is 4.86. The zero-order valence-corrected chi connectivity index (χ0v) is 14.4. The molecule has 0 bridgehead atoms. The van der Waals surface area contributed by atoms with E-state index in [4.69, 9.17) is 5.11 Å². The second kappa shape index (κ2) is 10.1. The van der Waals surface area contributed by atoms with Gasteiger partial charge in [-0.05, 0) is 54.1 Å². The molecule has 126 valence electrons. The van der Waals surface area contributed by atoms with Crippen molar-refractivity contribution in [3.05, 3.63) is 0 Å². The van der Waals surface area contributed by atoms with Crippen LogP contribution in [0.1, 0.15) is 19.3 Å². The Bertz CT molecular complexity index is 382. The van der Waals surface area contributed by atoms with E-state index < -0.39 is 16.0 Å². The van der Waals surface area contributed by atoms with Gasteiger partial charge in [0.15, 0.2) is 0 Å². The summed E-state index contributed by atoms with van der Waals surface area (Å²) in [5.74, 6) is -1.41. The number of hydrogen-bond donors (Lipinski definition) is 1. The molecule has 1 N–H and O–H groups in total. The Hall–Kier alpha value is -0.700. The molecule has 0 amide bonds. The largest absolute Gasteiger partial charge is 0.481 e. The highest BCUT2D eigenvalue weighted by atomic mass is 32.2. The first kappa shape index (κ1) is 20.3. The van der Waals surface area contributed by atoms with Crippen LogP contribution in [0.25, 0.3) is 0 Å². The van der Waals surface area contributed by atoms with Crippen LogP contribution in [0.3, 0.4) is 0 Å². The van der Waals surface area contributed by atoms with Crippen LogP contribution in [0.4, 0.5) is 0 Å². The molecule has 0 spiro atoms. The summed E-state index contributed by atoms with van der Waals surface area (Å²) in [5.41, 5.74) is 0. The predicted molar refractivity (Wildman–Crippen MR) is 84.0 cm³/mol. The van der Waals surface area contributed by atoms with E-state index >= 15 is 0 Å². The molecule has 0 fully saturated rings. The lowest BCUT2D eigenvalue weighted by Crippen LogP contribution is -2.37. The number of sulfonamides is 1. The van der Waals surface area contributed by atoms with Gasteiger partial charge in [-0.25, -0.2) is 12.7 Å². The first-order valence-electron chi connectivity index (χ1n) is 7.14. The Morgan fingerprint density at radius 3 is 1.67 bits per heavy atom. The number of nitrogens with zero attached hydrogens (tertiary/aromatic N) is 3. The second-order valence-electron chi connectivity index (χ2n) is 5.67. The molecule has 0 aromatic carbocycles. The molecule has 0 saturated heterocycles. The Kier molecular flexibility index (Phi) is 9.76. The van der Waals surface area contributed by atoms with Crippen LogP contribution in [0, 0.1) is 0 Å². The van der Waals surface area contributed by atoms with Crippen molar-refractivity contribution in [2.45, 2.75) is 19.3 Å². The van der Waals surface area contributed by atoms with Gasteiger partial charge in [0.1, 0.15) is 0 Å². The summed E-state index contributed by atoms with van der Waals surface area (Å²) in [4.78, 5) is 14.6. The molecule has 8 heteroatoms. The van der Waals surface area contributed by atoms with Crippen molar-refractivity contribution in [2.75, 3.05) is 60.1 Å². The molecule has 0 aromatic rings. The molecule has 0 radical (unpaired) electrons. The molecule has 7 nitrogen and oxygen atoms in total. The minimum atomic E-state index is -3.50. The van der Waals surface area contributed by atoms with Crippen molar-refractivity contribution in [1.82, 2.24) is 14.1 Å². The van der Waals surface area contributed by atoms with Crippen LogP contribution >= 0.6 is 0 Å². The van der Waals surface area contributed by atoms with Crippen molar-refractivity contribution < 1.29 is 18.3 Å². The zero-order valence-electron chi connectivity index (χ0n) is 13.6. The van der Waals surface area contributed by atoms with Crippen molar-refractivity contribution in [2.24, 2.45) is 0 Å². The monoisotopic (exact) mass is 323 g/mol. The van der Waals surface area contributed by atoms with Crippen molar-refractivity contribution in [3.63, 3.8) is 0 Å². The highest BCUT2D eigenvalue weighted by Gasteiger charge is 2.22. The van der Waals surface area contributed by atoms with Crippen LogP contribution in [0.2, 0.25) is 0 Å². The summed E-state index contributed by atoms with van der Waals surface area (Å²) in [6, 6.07) is 0. The molecule has 0 rings (SSSR count). The number of carboxylic acids is 1. The van der Waals surface area contributed by atoms with Crippen molar-refractivity contribution >= 4 is 16.0 Å². The average Bonchev–Trinajstić information content (AvgIpc) is 2.33. The van der Waals surface area contributed by atoms with Gasteiger partial charge < -0.3 is 14.9 Å². The van der Waals surface area contributed by atoms with E-state index in [0.29, 0.717) is 13.1 Å². The number of hydrogen-bond acceptors (Lipinski definition) is 5. The fourth-order valence-electron chi connectivity index (χ4n) is 1.86. The first-order valence-corrected chi connectivity index (χ1v) is 8.75. The third kappa shape index (κ3) is 10.6. The third-order valence-electron chi connectivity index (χ3n) is 2.99. The van der Waals surface area contributed by atoms with Crippen molar-refractivity contribution in [1.29, 1.82) is 0 Å². The highest BCUT2D eigenvalue weighted by molar-refractivity contribution is 7.89. The SMILES string of the molecule is CN(C)CCCN(CCCN(C)C)S(=O)(=O)CCC(=O)O. The zero-order chi connectivity index (χ0) is 16.5. The molecule has 0 aromatic heterocycles. The fourth-order valence-corrected chi connectivity index (χ4v) is 3.37. The van der Waals surface area contributed by atoms with E-state index in [1.54, 1.807) is 0 Å². The Morgan fingerprint density at radius 1 is 0.905 bits per heavy atom. The lowest BCUT2D eigenvalue weighted by atomic mass is 10.3. The van der Waals surface area contributed by atoms with Crippen LogP contribution in [0.5, 0.6) is 0 Å². The number of carbonyl (C=O) groups is 1. The van der Waals surface area contributed by atoms with Gasteiger partial charge >= 0.3 is 5.97 Å². The Balaban J connectivity index is 4.56. The molecule has 0 saturated carbocycles. The van der Waals surface area contributed by atoms with E-state index in [1.165, 1.54) is 4.31 Å². The molecule has 0 aliphatic carbocycles. The van der Waals surface area contributed by atoms with E-state index in [2.05, 4.69) is 0 Å². The lowest BCUT2D eigenvalue weighted by molar-refractivity contribution is -0.136. The number of rotatable bonds is 12. The summed E-state index contributed by atoms with van der Waals surface area (Å²) in [6.07, 6.45) is 1.13. The average molecular weight is 323 g/mol. The second-order valence-corrected chi connectivity index (χ2v) is 7.76. The summed E-state index contributed by atoms with van der Waals surface area (Å²) >= 11 is 0. The van der Waals surface area contributed by atoms with Gasteiger partial charge in [-0.15, -0.1) is 0 Å². The summed E-state index contributed by atoms with van der Waals surface area (Å²) < 4.78 is 25.9. The van der Waals surface area contributed by atoms with Crippen LogP contribution in [0.15, 0.2) is 0 Å². The number of aliphatic carboxylic acids is 1. The Morgan fingerprint density at radius 2 is 1.33 bits per heavy atom. The Labute approximate surface area is 128 Å². The van der Waals surface area contributed by atoms with E-state index in [-0.39, 0.29) is 12.2 Å². The van der Waals surface area contributed by atoms with Crippen LogP contribution in [-0.2, 0) is 14.8 Å². The molecule has 0 atom stereocenters. The maximum atomic E-state index is 12.2. The summed E-state index contributed by atoms with van der Waals surface area (Å²) in [7, 11) is 4.26. The van der Waals surface area contributed by atoms with Gasteiger partial charge in [-0.2, -0.15) is 0 Å². The standard InChI is InChI=1S/C13H29N3O4S/c1-14(2)8-5-10-16(11-6-9-15(3)4)21(19,20)12-7-13(17)18/h5-12H2,1-4H3,(H,17,18). The summed E-state index contributed by atoms with van der Waals surface area (Å²) in [5, 5.41) is 8.66. The molecule has 0 aliphatic heterocycles. The van der Waals surface area contributed by atoms with Gasteiger partial charge in [0.2, 0.25) is 10.0 Å². The minimum absolute atomic E-state index is 0.327. The molecule has 0 unspecified atom stereocenters. The van der Waals surface area contributed by atoms with Gasteiger partial charge in [-0.1, -0.05) is 0 Å². The summed E-state index contributed by atoms with van der Waals surface area (Å²) in [6.45, 7) is 2.48. The van der Waals surface area contributed by atoms with Gasteiger partial charge in [0.05, 0.1) is 12.2 Å². The lowest BCUT2D eigenvalue weighted by Gasteiger charge is -2.23.